The Balaban J connectivity index is 1.95. The lowest BCUT2D eigenvalue weighted by Crippen LogP contribution is -2.41. The van der Waals surface area contributed by atoms with E-state index in [9.17, 15) is 28.3 Å². The van der Waals surface area contributed by atoms with E-state index in [1.165, 1.54) is 41.4 Å². The number of carbonyl (C=O) groups excluding carboxylic acids is 1. The van der Waals surface area contributed by atoms with Gasteiger partial charge in [-0.15, -0.1) is 0 Å². The highest BCUT2D eigenvalue weighted by Gasteiger charge is 2.39. The number of aliphatic hydroxyl groups is 1. The van der Waals surface area contributed by atoms with Gasteiger partial charge in [-0.1, -0.05) is 12.1 Å². The number of rotatable bonds is 2. The SMILES string of the molecule is O=C(c1cccc[n+]1[O-])N1C[C@H](O)C[C@H]1c1cccc(C(F)(F)F)c1. The maximum absolute atomic E-state index is 12.9. The van der Waals surface area contributed by atoms with Crippen LogP contribution in [0.5, 0.6) is 0 Å². The van der Waals surface area contributed by atoms with Crippen molar-refractivity contribution in [3.8, 4) is 0 Å². The number of hydrogen-bond donors (Lipinski definition) is 1. The largest absolute Gasteiger partial charge is 0.618 e. The minimum absolute atomic E-state index is 0.0470. The van der Waals surface area contributed by atoms with Gasteiger partial charge in [-0.2, -0.15) is 17.9 Å². The number of alkyl halides is 3. The van der Waals surface area contributed by atoms with E-state index in [-0.39, 0.29) is 24.2 Å². The van der Waals surface area contributed by atoms with Crippen molar-refractivity contribution in [3.05, 3.63) is 70.7 Å². The first-order chi connectivity index (χ1) is 11.8. The molecule has 2 aromatic rings. The molecule has 0 unspecified atom stereocenters. The van der Waals surface area contributed by atoms with Crippen LogP contribution in [0.2, 0.25) is 0 Å². The number of pyridine rings is 1. The molecule has 0 radical (unpaired) electrons. The number of nitrogens with zero attached hydrogens (tertiary/aromatic N) is 2. The molecule has 1 aliphatic heterocycles. The summed E-state index contributed by atoms with van der Waals surface area (Å²) in [7, 11) is 0. The second kappa shape index (κ2) is 6.36. The fourth-order valence-corrected chi connectivity index (χ4v) is 3.02. The average Bonchev–Trinajstić information content (AvgIpc) is 2.96. The lowest BCUT2D eigenvalue weighted by molar-refractivity contribution is -0.608. The molecule has 0 spiro atoms. The summed E-state index contributed by atoms with van der Waals surface area (Å²) in [5, 5.41) is 21.7. The molecular formula is C17H15F3N2O3. The van der Waals surface area contributed by atoms with Gasteiger partial charge in [0.25, 0.3) is 5.69 Å². The standard InChI is InChI=1S/C17H15F3N2O3/c18-17(19,20)12-5-3-4-11(8-12)15-9-13(23)10-21(15)16(24)14-6-1-2-7-22(14)25/h1-8,13,15,23H,9-10H2/t13-,15+/m1/s1. The van der Waals surface area contributed by atoms with Crippen LogP contribution in [0, 0.1) is 5.21 Å². The van der Waals surface area contributed by atoms with Crippen LogP contribution in [0.1, 0.15) is 34.1 Å². The second-order valence-corrected chi connectivity index (χ2v) is 5.90. The van der Waals surface area contributed by atoms with Gasteiger partial charge < -0.3 is 15.2 Å². The Morgan fingerprint density at radius 2 is 2.00 bits per heavy atom. The van der Waals surface area contributed by atoms with Crippen molar-refractivity contribution in [2.24, 2.45) is 0 Å². The monoisotopic (exact) mass is 352 g/mol. The van der Waals surface area contributed by atoms with Crippen LogP contribution in [-0.4, -0.2) is 28.6 Å². The van der Waals surface area contributed by atoms with Crippen LogP contribution in [0.25, 0.3) is 0 Å². The van der Waals surface area contributed by atoms with Gasteiger partial charge in [-0.05, 0) is 30.2 Å². The first-order valence-corrected chi connectivity index (χ1v) is 7.62. The Hall–Kier alpha value is -2.61. The van der Waals surface area contributed by atoms with Crippen molar-refractivity contribution in [2.75, 3.05) is 6.54 Å². The summed E-state index contributed by atoms with van der Waals surface area (Å²) in [5.74, 6) is -0.630. The molecule has 2 atom stereocenters. The number of β-amino-alcohol motifs (C(OH)–C–C–N with tert-alkyl or cyclic N) is 1. The molecular weight excluding hydrogens is 337 g/mol. The predicted octanol–water partition coefficient (Wildman–Crippen LogP) is 2.29. The van der Waals surface area contributed by atoms with Crippen molar-refractivity contribution in [2.45, 2.75) is 24.7 Å². The number of hydrogen-bond acceptors (Lipinski definition) is 3. The molecule has 1 aliphatic rings. The summed E-state index contributed by atoms with van der Waals surface area (Å²) in [6.45, 7) is -0.0470. The second-order valence-electron chi connectivity index (χ2n) is 5.90. The van der Waals surface area contributed by atoms with Crippen LogP contribution in [0.4, 0.5) is 13.2 Å². The molecule has 0 aliphatic carbocycles. The Labute approximate surface area is 141 Å². The molecule has 132 valence electrons. The number of aromatic nitrogens is 1. The minimum atomic E-state index is -4.50. The Morgan fingerprint density at radius 3 is 2.68 bits per heavy atom. The summed E-state index contributed by atoms with van der Waals surface area (Å²) in [6, 6.07) is 8.26. The van der Waals surface area contributed by atoms with Crippen LogP contribution in [0.15, 0.2) is 48.7 Å². The van der Waals surface area contributed by atoms with Crippen LogP contribution in [0.3, 0.4) is 0 Å². The van der Waals surface area contributed by atoms with Crippen molar-refractivity contribution < 1.29 is 27.8 Å². The lowest BCUT2D eigenvalue weighted by Gasteiger charge is -2.24. The predicted molar refractivity (Wildman–Crippen MR) is 81.2 cm³/mol. The van der Waals surface area contributed by atoms with E-state index in [0.29, 0.717) is 4.73 Å². The van der Waals surface area contributed by atoms with Crippen molar-refractivity contribution in [3.63, 3.8) is 0 Å². The molecule has 1 aromatic carbocycles. The molecule has 1 saturated heterocycles. The van der Waals surface area contributed by atoms with E-state index in [4.69, 9.17) is 0 Å². The molecule has 0 bridgehead atoms. The van der Waals surface area contributed by atoms with Crippen LogP contribution in [-0.2, 0) is 6.18 Å². The van der Waals surface area contributed by atoms with Gasteiger partial charge in [0, 0.05) is 18.7 Å². The molecule has 2 heterocycles. The van der Waals surface area contributed by atoms with E-state index in [0.717, 1.165) is 12.1 Å². The number of benzene rings is 1. The van der Waals surface area contributed by atoms with Gasteiger partial charge in [0.2, 0.25) is 0 Å². The molecule has 8 heteroatoms. The zero-order chi connectivity index (χ0) is 18.2. The zero-order valence-corrected chi connectivity index (χ0v) is 13.0. The fourth-order valence-electron chi connectivity index (χ4n) is 3.02. The Kier molecular flexibility index (Phi) is 4.38. The molecule has 1 N–H and O–H groups in total. The third-order valence-electron chi connectivity index (χ3n) is 4.18. The average molecular weight is 352 g/mol. The normalized spacial score (nSPS) is 20.7. The van der Waals surface area contributed by atoms with E-state index >= 15 is 0 Å². The molecule has 25 heavy (non-hydrogen) atoms. The molecule has 1 aromatic heterocycles. The summed E-state index contributed by atoms with van der Waals surface area (Å²) < 4.78 is 39.2. The van der Waals surface area contributed by atoms with E-state index in [1.54, 1.807) is 0 Å². The van der Waals surface area contributed by atoms with E-state index in [1.807, 2.05) is 0 Å². The summed E-state index contributed by atoms with van der Waals surface area (Å²) in [6.07, 6.45) is -4.09. The fraction of sp³-hybridized carbons (Fsp3) is 0.294. The maximum Gasteiger partial charge on any atom is 0.416 e. The van der Waals surface area contributed by atoms with Crippen molar-refractivity contribution in [1.29, 1.82) is 0 Å². The molecule has 1 amide bonds. The van der Waals surface area contributed by atoms with Gasteiger partial charge in [-0.3, -0.25) is 4.79 Å². The zero-order valence-electron chi connectivity index (χ0n) is 13.0. The molecule has 5 nitrogen and oxygen atoms in total. The van der Waals surface area contributed by atoms with Crippen LogP contribution >= 0.6 is 0 Å². The number of carbonyl (C=O) groups is 1. The van der Waals surface area contributed by atoms with Gasteiger partial charge in [0.15, 0.2) is 6.20 Å². The van der Waals surface area contributed by atoms with Crippen LogP contribution < -0.4 is 4.73 Å². The maximum atomic E-state index is 12.9. The molecule has 0 saturated carbocycles. The van der Waals surface area contributed by atoms with Crippen molar-refractivity contribution >= 4 is 5.91 Å². The van der Waals surface area contributed by atoms with Gasteiger partial charge in [-0.25, -0.2) is 0 Å². The third-order valence-corrected chi connectivity index (χ3v) is 4.18. The smallest absolute Gasteiger partial charge is 0.416 e. The van der Waals surface area contributed by atoms with E-state index < -0.39 is 29.8 Å². The highest BCUT2D eigenvalue weighted by atomic mass is 19.4. The Bertz CT molecular complexity index is 795. The first-order valence-electron chi connectivity index (χ1n) is 7.62. The topological polar surface area (TPSA) is 67.5 Å². The lowest BCUT2D eigenvalue weighted by atomic mass is 10.0. The number of halogens is 3. The quantitative estimate of drug-likeness (QED) is 0.666. The minimum Gasteiger partial charge on any atom is -0.618 e. The molecule has 3 rings (SSSR count). The summed E-state index contributed by atoms with van der Waals surface area (Å²) in [4.78, 5) is 13.9. The number of amides is 1. The third kappa shape index (κ3) is 3.43. The first kappa shape index (κ1) is 17.2. The summed E-state index contributed by atoms with van der Waals surface area (Å²) >= 11 is 0. The number of aliphatic hydroxyl groups excluding tert-OH is 1. The van der Waals surface area contributed by atoms with Crippen molar-refractivity contribution in [1.82, 2.24) is 4.90 Å². The number of likely N-dealkylation sites (tertiary alicyclic amines) is 1. The van der Waals surface area contributed by atoms with Gasteiger partial charge in [0.05, 0.1) is 17.7 Å². The highest BCUT2D eigenvalue weighted by Crippen LogP contribution is 2.36. The summed E-state index contributed by atoms with van der Waals surface area (Å²) in [5.41, 5.74) is -0.695. The van der Waals surface area contributed by atoms with Gasteiger partial charge >= 0.3 is 12.1 Å². The molecule has 1 fully saturated rings. The Morgan fingerprint density at radius 1 is 1.24 bits per heavy atom. The highest BCUT2D eigenvalue weighted by molar-refractivity contribution is 5.91. The van der Waals surface area contributed by atoms with Gasteiger partial charge in [0.1, 0.15) is 0 Å². The van der Waals surface area contributed by atoms with E-state index in [2.05, 4.69) is 0 Å².